The first kappa shape index (κ1) is 20.5. The van der Waals surface area contributed by atoms with Gasteiger partial charge in [0.05, 0.1) is 7.11 Å². The molecule has 2 aromatic rings. The molecule has 0 amide bonds. The second kappa shape index (κ2) is 9.32. The maximum Gasteiger partial charge on any atom is 0.159 e. The molecule has 0 spiro atoms. The van der Waals surface area contributed by atoms with E-state index in [1.807, 2.05) is 6.07 Å². The quantitative estimate of drug-likeness (QED) is 0.759. The number of methoxy groups -OCH3 is 1. The van der Waals surface area contributed by atoms with Gasteiger partial charge in [-0.2, -0.15) is 0 Å². The van der Waals surface area contributed by atoms with Crippen LogP contribution in [0, 0.1) is 11.6 Å². The van der Waals surface area contributed by atoms with Crippen molar-refractivity contribution < 1.29 is 23.7 Å². The SMILES string of the molecule is COc1ccc(O)c(CN2CCN(Cc3ccc(F)c(F)c3)C(CCO)C2)c1. The van der Waals surface area contributed by atoms with E-state index in [9.17, 15) is 19.0 Å². The fraction of sp³-hybridized carbons (Fsp3) is 0.429. The number of rotatable bonds is 7. The first-order valence-electron chi connectivity index (χ1n) is 9.37. The highest BCUT2D eigenvalue weighted by Crippen LogP contribution is 2.26. The molecule has 1 aliphatic heterocycles. The van der Waals surface area contributed by atoms with Crippen molar-refractivity contribution in [2.45, 2.75) is 25.6 Å². The zero-order valence-corrected chi connectivity index (χ0v) is 15.9. The molecule has 7 heteroatoms. The van der Waals surface area contributed by atoms with E-state index in [-0.39, 0.29) is 18.4 Å². The molecule has 1 atom stereocenters. The molecule has 1 fully saturated rings. The van der Waals surface area contributed by atoms with Crippen LogP contribution in [0.5, 0.6) is 11.5 Å². The van der Waals surface area contributed by atoms with Gasteiger partial charge >= 0.3 is 0 Å². The molecule has 0 aliphatic carbocycles. The van der Waals surface area contributed by atoms with E-state index in [1.165, 1.54) is 6.07 Å². The molecular weight excluding hydrogens is 366 g/mol. The minimum Gasteiger partial charge on any atom is -0.508 e. The van der Waals surface area contributed by atoms with Crippen molar-refractivity contribution in [2.24, 2.45) is 0 Å². The lowest BCUT2D eigenvalue weighted by atomic mass is 10.1. The van der Waals surface area contributed by atoms with Crippen LogP contribution in [0.25, 0.3) is 0 Å². The van der Waals surface area contributed by atoms with Crippen molar-refractivity contribution in [3.05, 3.63) is 59.2 Å². The number of phenolic OH excluding ortho intramolecular Hbond substituents is 1. The minimum atomic E-state index is -0.849. The molecule has 0 saturated carbocycles. The minimum absolute atomic E-state index is 0.0528. The molecule has 0 bridgehead atoms. The van der Waals surface area contributed by atoms with E-state index in [1.54, 1.807) is 25.3 Å². The fourth-order valence-electron chi connectivity index (χ4n) is 3.66. The normalized spacial score (nSPS) is 18.4. The largest absolute Gasteiger partial charge is 0.508 e. The summed E-state index contributed by atoms with van der Waals surface area (Å²) in [6, 6.07) is 9.21. The highest BCUT2D eigenvalue weighted by Gasteiger charge is 2.27. The molecule has 1 saturated heterocycles. The summed E-state index contributed by atoms with van der Waals surface area (Å²) in [7, 11) is 1.59. The molecule has 3 rings (SSSR count). The van der Waals surface area contributed by atoms with Gasteiger partial charge in [-0.25, -0.2) is 8.78 Å². The summed E-state index contributed by atoms with van der Waals surface area (Å²) in [5.74, 6) is -0.776. The van der Waals surface area contributed by atoms with Gasteiger partial charge in [-0.1, -0.05) is 6.07 Å². The Morgan fingerprint density at radius 2 is 1.89 bits per heavy atom. The third kappa shape index (κ3) is 4.98. The Morgan fingerprint density at radius 3 is 2.61 bits per heavy atom. The van der Waals surface area contributed by atoms with Crippen LogP contribution in [0.15, 0.2) is 36.4 Å². The molecule has 2 N–H and O–H groups in total. The van der Waals surface area contributed by atoms with Crippen LogP contribution in [0.2, 0.25) is 0 Å². The summed E-state index contributed by atoms with van der Waals surface area (Å²) >= 11 is 0. The molecule has 0 radical (unpaired) electrons. The summed E-state index contributed by atoms with van der Waals surface area (Å²) in [5, 5.41) is 19.6. The summed E-state index contributed by atoms with van der Waals surface area (Å²) in [4.78, 5) is 4.40. The summed E-state index contributed by atoms with van der Waals surface area (Å²) in [6.07, 6.45) is 0.588. The number of ether oxygens (including phenoxy) is 1. The molecule has 0 aromatic heterocycles. The first-order chi connectivity index (χ1) is 13.5. The van der Waals surface area contributed by atoms with Crippen LogP contribution in [-0.4, -0.2) is 59.4 Å². The number of aliphatic hydroxyl groups is 1. The zero-order chi connectivity index (χ0) is 20.1. The molecule has 1 unspecified atom stereocenters. The van der Waals surface area contributed by atoms with Gasteiger partial charge in [0.2, 0.25) is 0 Å². The predicted molar refractivity (Wildman–Crippen MR) is 102 cm³/mol. The number of hydrogen-bond donors (Lipinski definition) is 2. The van der Waals surface area contributed by atoms with Crippen LogP contribution in [-0.2, 0) is 13.1 Å². The number of hydrogen-bond acceptors (Lipinski definition) is 5. The Labute approximate surface area is 163 Å². The van der Waals surface area contributed by atoms with Crippen LogP contribution >= 0.6 is 0 Å². The van der Waals surface area contributed by atoms with Crippen molar-refractivity contribution >= 4 is 0 Å². The standard InChI is InChI=1S/C21H26F2N2O3/c1-28-18-3-5-21(27)16(11-18)13-24-7-8-25(17(14-24)6-9-26)12-15-2-4-19(22)20(23)10-15/h2-5,10-11,17,26-27H,6-9,12-14H2,1H3. The monoisotopic (exact) mass is 392 g/mol. The van der Waals surface area contributed by atoms with Crippen LogP contribution in [0.1, 0.15) is 17.5 Å². The third-order valence-electron chi connectivity index (χ3n) is 5.20. The second-order valence-electron chi connectivity index (χ2n) is 7.11. The molecule has 152 valence electrons. The lowest BCUT2D eigenvalue weighted by Gasteiger charge is -2.41. The number of halogens is 2. The molecule has 2 aromatic carbocycles. The van der Waals surface area contributed by atoms with Gasteiger partial charge in [0.25, 0.3) is 0 Å². The summed E-state index contributed by atoms with van der Waals surface area (Å²) in [5.41, 5.74) is 1.50. The first-order valence-corrected chi connectivity index (χ1v) is 9.37. The average molecular weight is 392 g/mol. The summed E-state index contributed by atoms with van der Waals surface area (Å²) < 4.78 is 31.9. The van der Waals surface area contributed by atoms with Gasteiger partial charge in [0.1, 0.15) is 11.5 Å². The van der Waals surface area contributed by atoms with Crippen molar-refractivity contribution in [3.8, 4) is 11.5 Å². The van der Waals surface area contributed by atoms with E-state index >= 15 is 0 Å². The lowest BCUT2D eigenvalue weighted by molar-refractivity contribution is 0.0495. The number of piperazine rings is 1. The number of phenols is 1. The molecule has 5 nitrogen and oxygen atoms in total. The highest BCUT2D eigenvalue weighted by molar-refractivity contribution is 5.39. The maximum absolute atomic E-state index is 13.5. The second-order valence-corrected chi connectivity index (χ2v) is 7.11. The number of nitrogens with zero attached hydrogens (tertiary/aromatic N) is 2. The average Bonchev–Trinajstić information content (AvgIpc) is 2.68. The smallest absolute Gasteiger partial charge is 0.159 e. The van der Waals surface area contributed by atoms with E-state index in [4.69, 9.17) is 4.74 Å². The maximum atomic E-state index is 13.5. The van der Waals surface area contributed by atoms with Gasteiger partial charge in [-0.15, -0.1) is 0 Å². The van der Waals surface area contributed by atoms with Gasteiger partial charge < -0.3 is 14.9 Å². The Hall–Kier alpha value is -2.22. The highest BCUT2D eigenvalue weighted by atomic mass is 19.2. The van der Waals surface area contributed by atoms with Crippen molar-refractivity contribution in [2.75, 3.05) is 33.4 Å². The van der Waals surface area contributed by atoms with Crippen LogP contribution in [0.4, 0.5) is 8.78 Å². The van der Waals surface area contributed by atoms with Gasteiger partial charge in [-0.05, 0) is 42.3 Å². The van der Waals surface area contributed by atoms with E-state index in [2.05, 4.69) is 9.80 Å². The Bertz CT molecular complexity index is 803. The van der Waals surface area contributed by atoms with Gasteiger partial charge in [0, 0.05) is 50.9 Å². The number of aliphatic hydroxyl groups excluding tert-OH is 1. The van der Waals surface area contributed by atoms with Crippen molar-refractivity contribution in [1.82, 2.24) is 9.80 Å². The predicted octanol–water partition coefficient (Wildman–Crippen LogP) is 2.75. The van der Waals surface area contributed by atoms with Crippen LogP contribution in [0.3, 0.4) is 0 Å². The zero-order valence-electron chi connectivity index (χ0n) is 15.9. The Morgan fingerprint density at radius 1 is 1.07 bits per heavy atom. The molecule has 28 heavy (non-hydrogen) atoms. The molecular formula is C21H26F2N2O3. The number of aromatic hydroxyl groups is 1. The molecule has 1 heterocycles. The van der Waals surface area contributed by atoms with Crippen LogP contribution < -0.4 is 4.74 Å². The van der Waals surface area contributed by atoms with E-state index in [0.717, 1.165) is 24.7 Å². The third-order valence-corrected chi connectivity index (χ3v) is 5.20. The van der Waals surface area contributed by atoms with Gasteiger partial charge in [-0.3, -0.25) is 9.80 Å². The number of benzene rings is 2. The van der Waals surface area contributed by atoms with E-state index < -0.39 is 11.6 Å². The fourth-order valence-corrected chi connectivity index (χ4v) is 3.66. The molecule has 1 aliphatic rings. The summed E-state index contributed by atoms with van der Waals surface area (Å²) in [6.45, 7) is 3.33. The topological polar surface area (TPSA) is 56.2 Å². The Balaban J connectivity index is 1.67. The lowest BCUT2D eigenvalue weighted by Crippen LogP contribution is -2.52. The van der Waals surface area contributed by atoms with E-state index in [0.29, 0.717) is 37.4 Å². The van der Waals surface area contributed by atoms with Crippen molar-refractivity contribution in [1.29, 1.82) is 0 Å². The van der Waals surface area contributed by atoms with Gasteiger partial charge in [0.15, 0.2) is 11.6 Å². The Kier molecular flexibility index (Phi) is 6.83. The van der Waals surface area contributed by atoms with Crippen molar-refractivity contribution in [3.63, 3.8) is 0 Å².